The Kier molecular flexibility index (Phi) is 25.3. The zero-order chi connectivity index (χ0) is 59.9. The van der Waals surface area contributed by atoms with Crippen LogP contribution in [-0.4, -0.2) is 177 Å². The Morgan fingerprint density at radius 3 is 0.845 bits per heavy atom. The summed E-state index contributed by atoms with van der Waals surface area (Å²) in [7, 11) is -31.5. The number of ether oxygens (including phenoxy) is 3. The molecule has 3 fully saturated rings. The number of nitrogens with zero attached hydrogens (tertiary/aromatic N) is 12. The van der Waals surface area contributed by atoms with Crippen LogP contribution in [0.15, 0.2) is 38.0 Å². The molecule has 0 saturated carbocycles. The predicted molar refractivity (Wildman–Crippen MR) is 240 cm³/mol. The zero-order valence-electron chi connectivity index (χ0n) is 42.4. The van der Waals surface area contributed by atoms with Gasteiger partial charge in [0.1, 0.15) is 54.2 Å². The van der Waals surface area contributed by atoms with E-state index in [0.717, 1.165) is 19.0 Å². The Hall–Kier alpha value is -2.74. The SMILES string of the molecule is Nc1ncnc2c1ncn2[C@@H]1O[C@H](COP(=O)(O)OP(=O)(O)O)[C@H]([O-])[C@H]1[O-].Nc1ncnc2c1ncn2[C@@H]1O[C@H](COP(=O)(O)OP(=O)(O)O)[C@H]([O-])[C@H]1[O-].Nc1ncnc2c1ncn2[C@@H]1O[C@H](COP(=O)(O)OP(=O)(O)O)[C@H]([O-])[C@H]1[O-].[Li+].[Li+].[Li+]. The molecule has 45 nitrogen and oxygen atoms in total. The van der Waals surface area contributed by atoms with E-state index in [9.17, 15) is 72.7 Å². The average molecular weight is 1300 g/mol. The number of hydrogen-bond acceptors (Lipinski definition) is 33. The summed E-state index contributed by atoms with van der Waals surface area (Å²) in [5.41, 5.74) is 17.9. The van der Waals surface area contributed by atoms with E-state index in [1.807, 2.05) is 0 Å². The number of imidazole rings is 3. The number of phosphoric ester groups is 3. The molecule has 3 aliphatic heterocycles. The van der Waals surface area contributed by atoms with E-state index in [1.54, 1.807) is 0 Å². The van der Waals surface area contributed by atoms with E-state index in [-0.39, 0.29) is 108 Å². The van der Waals surface area contributed by atoms with Crippen molar-refractivity contribution in [2.24, 2.45) is 0 Å². The second-order valence-corrected chi connectivity index (χ2v) is 24.7. The number of aromatic nitrogens is 12. The number of rotatable bonds is 18. The number of nitrogen functional groups attached to an aromatic ring is 3. The van der Waals surface area contributed by atoms with Gasteiger partial charge in [0.25, 0.3) is 0 Å². The van der Waals surface area contributed by atoms with Gasteiger partial charge in [0, 0.05) is 0 Å². The first-order chi connectivity index (χ1) is 37.5. The predicted octanol–water partition coefficient (Wildman–Crippen LogP) is -18.0. The summed E-state index contributed by atoms with van der Waals surface area (Å²) in [5, 5.41) is 73.2. The summed E-state index contributed by atoms with van der Waals surface area (Å²) in [4.78, 5) is 114. The fourth-order valence-corrected chi connectivity index (χ4v) is 12.1. The summed E-state index contributed by atoms with van der Waals surface area (Å²) in [6, 6.07) is 0. The third-order valence-electron chi connectivity index (χ3n) is 10.7. The first-order valence-electron chi connectivity index (χ1n) is 21.4. The zero-order valence-corrected chi connectivity index (χ0v) is 47.8. The van der Waals surface area contributed by atoms with E-state index < -0.39 is 140 Å². The smallest absolute Gasteiger partial charge is 0.851 e. The Morgan fingerprint density at radius 2 is 0.631 bits per heavy atom. The van der Waals surface area contributed by atoms with Gasteiger partial charge in [-0.25, -0.2) is 72.2 Å². The van der Waals surface area contributed by atoms with Crippen molar-refractivity contribution in [2.75, 3.05) is 37.0 Å². The third-order valence-corrected chi connectivity index (χ3v) is 17.1. The van der Waals surface area contributed by atoms with Crippen LogP contribution in [0, 0.1) is 0 Å². The second kappa shape index (κ2) is 28.8. The molecule has 15 atom stereocenters. The number of hydrogen-bond donors (Lipinski definition) is 12. The minimum absolute atomic E-state index is 0. The van der Waals surface area contributed by atoms with Crippen LogP contribution in [0.2, 0.25) is 0 Å². The summed E-state index contributed by atoms with van der Waals surface area (Å²) < 4.78 is 109. The molecular weight excluding hydrogens is 1260 g/mol. The topological polar surface area (TPSA) is 715 Å². The minimum atomic E-state index is -5.32. The van der Waals surface area contributed by atoms with Crippen molar-refractivity contribution in [1.29, 1.82) is 0 Å². The summed E-state index contributed by atoms with van der Waals surface area (Å²) in [5.74, 6) is 0.149. The van der Waals surface area contributed by atoms with Gasteiger partial charge in [-0.2, -0.15) is 12.9 Å². The summed E-state index contributed by atoms with van der Waals surface area (Å²) in [6.07, 6.45) is -13.1. The molecule has 3 saturated heterocycles. The van der Waals surface area contributed by atoms with Crippen LogP contribution in [0.25, 0.3) is 33.5 Å². The van der Waals surface area contributed by atoms with Crippen LogP contribution in [-0.2, 0) is 68.1 Å². The van der Waals surface area contributed by atoms with E-state index in [4.69, 9.17) is 60.8 Å². The number of anilines is 3. The van der Waals surface area contributed by atoms with Gasteiger partial charge in [-0.3, -0.25) is 27.3 Å². The molecule has 0 bridgehead atoms. The van der Waals surface area contributed by atoms with E-state index >= 15 is 0 Å². The monoisotopic (exact) mass is 1300 g/mol. The van der Waals surface area contributed by atoms with Gasteiger partial charge in [0.15, 0.2) is 34.4 Å². The van der Waals surface area contributed by atoms with Gasteiger partial charge < -0.3 is 106 Å². The number of nitrogens with two attached hydrogens (primary N) is 3. The van der Waals surface area contributed by atoms with Crippen LogP contribution < -0.4 is 104 Å². The summed E-state index contributed by atoms with van der Waals surface area (Å²) >= 11 is 0. The van der Waals surface area contributed by atoms with Gasteiger partial charge in [0.2, 0.25) is 0 Å². The fraction of sp³-hybridized carbons (Fsp3) is 0.500. The van der Waals surface area contributed by atoms with Gasteiger partial charge in [0.05, 0.1) is 57.1 Å². The van der Waals surface area contributed by atoms with Crippen LogP contribution in [0.3, 0.4) is 0 Å². The number of phosphoric acid groups is 6. The van der Waals surface area contributed by atoms with E-state index in [2.05, 4.69) is 71.4 Å². The maximum absolute atomic E-state index is 12.3. The normalized spacial score (nSPS) is 27.5. The molecule has 54 heteroatoms. The van der Waals surface area contributed by atoms with Gasteiger partial charge in [-0.15, -0.1) is 18.3 Å². The molecule has 3 aliphatic rings. The molecule has 15 N–H and O–H groups in total. The molecule has 6 aromatic heterocycles. The van der Waals surface area contributed by atoms with Crippen LogP contribution in [0.4, 0.5) is 17.5 Å². The van der Waals surface area contributed by atoms with Gasteiger partial charge >= 0.3 is 104 Å². The molecule has 0 amide bonds. The Labute approximate surface area is 501 Å². The Bertz CT molecular complexity index is 3170. The van der Waals surface area contributed by atoms with Crippen molar-refractivity contribution in [2.45, 2.75) is 73.6 Å². The van der Waals surface area contributed by atoms with Crippen molar-refractivity contribution >= 4 is 97.9 Å². The van der Waals surface area contributed by atoms with Crippen molar-refractivity contribution in [3.63, 3.8) is 0 Å². The minimum Gasteiger partial charge on any atom is -0.851 e. The maximum Gasteiger partial charge on any atom is 1.00 e. The van der Waals surface area contributed by atoms with Gasteiger partial charge in [-0.05, 0) is 0 Å². The second-order valence-electron chi connectivity index (χ2n) is 16.2. The van der Waals surface area contributed by atoms with Crippen LogP contribution in [0.5, 0.6) is 0 Å². The fourth-order valence-electron chi connectivity index (χ4n) is 7.34. The summed E-state index contributed by atoms with van der Waals surface area (Å²) in [6.45, 7) is -2.75. The maximum atomic E-state index is 12.3. The van der Waals surface area contributed by atoms with E-state index in [0.29, 0.717) is 0 Å². The third kappa shape index (κ3) is 18.4. The molecule has 6 aromatic rings. The standard InChI is InChI=1S/3C10H13N5O10P2.3Li/c3*11-8-5-9(13-2-12-8)15(3-14-5)10-7(17)6(16)4(24-10)1-23-27(21,22)25-26(18,19)20;;;/h3*2-4,6-7,10H,1H2,(H,21,22)(H2,11,12,13)(H2,18,19,20);;;/q3*-2;3*+1/t3*4-,6+,7-,10-;;;/m111.../s1. The Balaban J connectivity index is 0.000000266. The quantitative estimate of drug-likeness (QED) is 0.0281. The molecule has 9 rings (SSSR count). The average Bonchev–Trinajstić information content (AvgIpc) is 4.36. The largest absolute Gasteiger partial charge is 1.00 e. The molecule has 0 radical (unpaired) electrons. The van der Waals surface area contributed by atoms with Crippen molar-refractivity contribution in [3.8, 4) is 0 Å². The number of fused-ring (bicyclic) bond motifs is 3. The molecule has 0 aromatic carbocycles. The van der Waals surface area contributed by atoms with Crippen LogP contribution >= 0.6 is 46.9 Å². The first-order valence-corrected chi connectivity index (χ1v) is 30.5. The van der Waals surface area contributed by atoms with Crippen molar-refractivity contribution in [1.82, 2.24) is 58.6 Å². The molecular formula is C30H39Li3N15O30P6-3. The van der Waals surface area contributed by atoms with Crippen molar-refractivity contribution in [3.05, 3.63) is 38.0 Å². The Morgan fingerprint density at radius 1 is 0.405 bits per heavy atom. The van der Waals surface area contributed by atoms with Crippen LogP contribution in [0.1, 0.15) is 18.7 Å². The molecule has 84 heavy (non-hydrogen) atoms. The van der Waals surface area contributed by atoms with Gasteiger partial charge in [-0.1, -0.05) is 18.3 Å². The van der Waals surface area contributed by atoms with Crippen molar-refractivity contribution < 1.29 is 199 Å². The molecule has 9 heterocycles. The first kappa shape index (κ1) is 73.7. The molecule has 0 spiro atoms. The van der Waals surface area contributed by atoms with E-state index in [1.165, 1.54) is 32.7 Å². The molecule has 450 valence electrons. The molecule has 3 unspecified atom stereocenters. The molecule has 0 aliphatic carbocycles.